The number of halogens is 1. The molecule has 0 unspecified atom stereocenters. The first-order chi connectivity index (χ1) is 8.69. The Morgan fingerprint density at radius 2 is 1.78 bits per heavy atom. The molecule has 1 aromatic rings. The summed E-state index contributed by atoms with van der Waals surface area (Å²) in [5.41, 5.74) is 2.45. The first-order valence-electron chi connectivity index (χ1n) is 6.30. The van der Waals surface area contributed by atoms with Gasteiger partial charge in [0.25, 0.3) is 0 Å². The number of nitrogens with one attached hydrogen (secondary N) is 1. The molecule has 0 atom stereocenters. The van der Waals surface area contributed by atoms with Gasteiger partial charge in [-0.3, -0.25) is 0 Å². The Kier molecular flexibility index (Phi) is 4.51. The Hall–Kier alpha value is -0.740. The number of rotatable bonds is 3. The molecule has 0 saturated carbocycles. The minimum Gasteiger partial charge on any atom is -0.495 e. The van der Waals surface area contributed by atoms with Crippen LogP contribution in [0.2, 0.25) is 0 Å². The molecule has 3 nitrogen and oxygen atoms in total. The Labute approximate surface area is 117 Å². The van der Waals surface area contributed by atoms with Crippen LogP contribution in [-0.2, 0) is 0 Å². The highest BCUT2D eigenvalue weighted by atomic mass is 79.9. The lowest BCUT2D eigenvalue weighted by molar-refractivity contribution is 0.374. The predicted molar refractivity (Wildman–Crippen MR) is 76.8 cm³/mol. The molecular weight excluding hydrogens is 294 g/mol. The fourth-order valence-corrected chi connectivity index (χ4v) is 3.53. The topological polar surface area (TPSA) is 30.5 Å². The second kappa shape index (κ2) is 5.93. The third kappa shape index (κ3) is 2.50. The van der Waals surface area contributed by atoms with Gasteiger partial charge in [-0.05, 0) is 71.9 Å². The molecule has 18 heavy (non-hydrogen) atoms. The van der Waals surface area contributed by atoms with E-state index in [4.69, 9.17) is 9.47 Å². The summed E-state index contributed by atoms with van der Waals surface area (Å²) in [5.74, 6) is 2.36. The number of hydrogen-bond acceptors (Lipinski definition) is 3. The zero-order valence-corrected chi connectivity index (χ0v) is 12.8. The molecule has 100 valence electrons. The fraction of sp³-hybridized carbons (Fsp3) is 0.571. The van der Waals surface area contributed by atoms with Gasteiger partial charge < -0.3 is 14.8 Å². The monoisotopic (exact) mass is 313 g/mol. The molecule has 0 bridgehead atoms. The van der Waals surface area contributed by atoms with Crippen molar-refractivity contribution in [3.63, 3.8) is 0 Å². The first-order valence-corrected chi connectivity index (χ1v) is 7.10. The third-order valence-corrected chi connectivity index (χ3v) is 4.30. The van der Waals surface area contributed by atoms with Crippen molar-refractivity contribution in [1.82, 2.24) is 5.32 Å². The SMILES string of the molecule is COc1c(C)cc(C2CCNCC2)c(OC)c1Br. The molecule has 0 aliphatic carbocycles. The second-order valence-corrected chi connectivity index (χ2v) is 5.48. The molecule has 1 aliphatic heterocycles. The number of benzene rings is 1. The molecule has 1 aromatic carbocycles. The van der Waals surface area contributed by atoms with Crippen molar-refractivity contribution in [2.24, 2.45) is 0 Å². The maximum absolute atomic E-state index is 5.58. The lowest BCUT2D eigenvalue weighted by Crippen LogP contribution is -2.27. The van der Waals surface area contributed by atoms with E-state index in [1.54, 1.807) is 14.2 Å². The highest BCUT2D eigenvalue weighted by Crippen LogP contribution is 2.44. The van der Waals surface area contributed by atoms with Crippen molar-refractivity contribution in [2.75, 3.05) is 27.3 Å². The molecule has 1 saturated heterocycles. The van der Waals surface area contributed by atoms with Crippen molar-refractivity contribution in [1.29, 1.82) is 0 Å². The van der Waals surface area contributed by atoms with Gasteiger partial charge in [-0.1, -0.05) is 0 Å². The largest absolute Gasteiger partial charge is 0.495 e. The smallest absolute Gasteiger partial charge is 0.140 e. The lowest BCUT2D eigenvalue weighted by atomic mass is 9.88. The molecular formula is C14H20BrNO2. The van der Waals surface area contributed by atoms with E-state index in [9.17, 15) is 0 Å². The van der Waals surface area contributed by atoms with Gasteiger partial charge in [0.05, 0.1) is 14.2 Å². The van der Waals surface area contributed by atoms with Crippen LogP contribution in [0.4, 0.5) is 0 Å². The van der Waals surface area contributed by atoms with E-state index in [1.165, 1.54) is 5.56 Å². The van der Waals surface area contributed by atoms with E-state index >= 15 is 0 Å². The Balaban J connectivity index is 2.45. The molecule has 1 aliphatic rings. The maximum atomic E-state index is 5.58. The number of hydrogen-bond donors (Lipinski definition) is 1. The molecule has 0 amide bonds. The minimum absolute atomic E-state index is 0.571. The Morgan fingerprint density at radius 1 is 1.17 bits per heavy atom. The Morgan fingerprint density at radius 3 is 2.33 bits per heavy atom. The highest BCUT2D eigenvalue weighted by Gasteiger charge is 2.23. The van der Waals surface area contributed by atoms with Gasteiger partial charge in [0.15, 0.2) is 0 Å². The summed E-state index contributed by atoms with van der Waals surface area (Å²) in [6.07, 6.45) is 2.32. The van der Waals surface area contributed by atoms with Crippen LogP contribution in [0.1, 0.15) is 29.9 Å². The van der Waals surface area contributed by atoms with Crippen molar-refractivity contribution >= 4 is 15.9 Å². The zero-order chi connectivity index (χ0) is 13.1. The standard InChI is InChI=1S/C14H20BrNO2/c1-9-8-11(10-4-6-16-7-5-10)14(18-3)12(15)13(9)17-2/h8,10,16H,4-7H2,1-3H3. The third-order valence-electron chi connectivity index (χ3n) is 3.58. The van der Waals surface area contributed by atoms with Crippen LogP contribution in [0, 0.1) is 6.92 Å². The summed E-state index contributed by atoms with van der Waals surface area (Å²) in [4.78, 5) is 0. The summed E-state index contributed by atoms with van der Waals surface area (Å²) in [7, 11) is 3.41. The van der Waals surface area contributed by atoms with E-state index < -0.39 is 0 Å². The van der Waals surface area contributed by atoms with E-state index in [2.05, 4.69) is 34.2 Å². The second-order valence-electron chi connectivity index (χ2n) is 4.69. The summed E-state index contributed by atoms with van der Waals surface area (Å²) >= 11 is 3.60. The van der Waals surface area contributed by atoms with Gasteiger partial charge in [-0.15, -0.1) is 0 Å². The van der Waals surface area contributed by atoms with E-state index in [-0.39, 0.29) is 0 Å². The number of ether oxygens (including phenoxy) is 2. The van der Waals surface area contributed by atoms with Gasteiger partial charge in [0.2, 0.25) is 0 Å². The van der Waals surface area contributed by atoms with Crippen molar-refractivity contribution < 1.29 is 9.47 Å². The quantitative estimate of drug-likeness (QED) is 0.929. The van der Waals surface area contributed by atoms with E-state index in [0.717, 1.165) is 47.5 Å². The summed E-state index contributed by atoms with van der Waals surface area (Å²) in [6, 6.07) is 2.21. The Bertz CT molecular complexity index is 428. The normalized spacial score (nSPS) is 16.7. The maximum Gasteiger partial charge on any atom is 0.140 e. The van der Waals surface area contributed by atoms with Crippen molar-refractivity contribution in [2.45, 2.75) is 25.7 Å². The van der Waals surface area contributed by atoms with Gasteiger partial charge in [-0.2, -0.15) is 0 Å². The molecule has 0 spiro atoms. The number of piperidine rings is 1. The summed E-state index contributed by atoms with van der Waals surface area (Å²) in [5, 5.41) is 3.40. The average Bonchev–Trinajstić information content (AvgIpc) is 2.39. The lowest BCUT2D eigenvalue weighted by Gasteiger charge is -2.26. The molecule has 0 aromatic heterocycles. The van der Waals surface area contributed by atoms with Crippen LogP contribution in [0.15, 0.2) is 10.5 Å². The number of aryl methyl sites for hydroxylation is 1. The summed E-state index contributed by atoms with van der Waals surface area (Å²) in [6.45, 7) is 4.24. The van der Waals surface area contributed by atoms with Gasteiger partial charge >= 0.3 is 0 Å². The van der Waals surface area contributed by atoms with Crippen LogP contribution in [-0.4, -0.2) is 27.3 Å². The first kappa shape index (κ1) is 13.7. The van der Waals surface area contributed by atoms with Crippen molar-refractivity contribution in [3.8, 4) is 11.5 Å². The van der Waals surface area contributed by atoms with E-state index in [0.29, 0.717) is 5.92 Å². The van der Waals surface area contributed by atoms with Crippen LogP contribution in [0.5, 0.6) is 11.5 Å². The van der Waals surface area contributed by atoms with Crippen LogP contribution in [0.25, 0.3) is 0 Å². The molecule has 2 rings (SSSR count). The molecule has 1 N–H and O–H groups in total. The van der Waals surface area contributed by atoms with Gasteiger partial charge in [0, 0.05) is 0 Å². The molecule has 4 heteroatoms. The average molecular weight is 314 g/mol. The minimum atomic E-state index is 0.571. The summed E-state index contributed by atoms with van der Waals surface area (Å²) < 4.78 is 11.9. The van der Waals surface area contributed by atoms with Gasteiger partial charge in [-0.25, -0.2) is 0 Å². The predicted octanol–water partition coefficient (Wildman–Crippen LogP) is 3.24. The molecule has 1 heterocycles. The fourth-order valence-electron chi connectivity index (χ4n) is 2.66. The van der Waals surface area contributed by atoms with Crippen LogP contribution >= 0.6 is 15.9 Å². The highest BCUT2D eigenvalue weighted by molar-refractivity contribution is 9.10. The van der Waals surface area contributed by atoms with Crippen LogP contribution < -0.4 is 14.8 Å². The van der Waals surface area contributed by atoms with Gasteiger partial charge in [0.1, 0.15) is 16.0 Å². The number of methoxy groups -OCH3 is 2. The molecule has 0 radical (unpaired) electrons. The molecule has 1 fully saturated rings. The van der Waals surface area contributed by atoms with E-state index in [1.807, 2.05) is 0 Å². The zero-order valence-electron chi connectivity index (χ0n) is 11.2. The van der Waals surface area contributed by atoms with Crippen molar-refractivity contribution in [3.05, 3.63) is 21.7 Å². The van der Waals surface area contributed by atoms with Crippen LogP contribution in [0.3, 0.4) is 0 Å².